The number of carboxylic acids is 2. The van der Waals surface area contributed by atoms with Gasteiger partial charge in [-0.15, -0.1) is 0 Å². The molecular formula is C21H33NO6. The Labute approximate surface area is 166 Å². The first-order valence-electron chi connectivity index (χ1n) is 10.0. The second-order valence-corrected chi connectivity index (χ2v) is 6.94. The van der Waals surface area contributed by atoms with Crippen LogP contribution in [0.2, 0.25) is 0 Å². The van der Waals surface area contributed by atoms with E-state index in [2.05, 4.69) is 6.92 Å². The van der Waals surface area contributed by atoms with Crippen molar-refractivity contribution >= 4 is 11.9 Å². The average molecular weight is 395 g/mol. The van der Waals surface area contributed by atoms with Crippen LogP contribution in [0.15, 0.2) is 24.3 Å². The smallest absolute Gasteiger partial charge is 0.320 e. The van der Waals surface area contributed by atoms with Crippen LogP contribution in [-0.4, -0.2) is 41.4 Å². The van der Waals surface area contributed by atoms with E-state index < -0.39 is 23.9 Å². The van der Waals surface area contributed by atoms with Crippen molar-refractivity contribution in [2.45, 2.75) is 64.3 Å². The molecular weight excluding hydrogens is 362 g/mol. The van der Waals surface area contributed by atoms with Crippen LogP contribution in [0.1, 0.15) is 58.3 Å². The van der Waals surface area contributed by atoms with Gasteiger partial charge < -0.3 is 25.4 Å². The summed E-state index contributed by atoms with van der Waals surface area (Å²) in [6.45, 7) is 3.45. The Morgan fingerprint density at radius 3 is 1.93 bits per heavy atom. The molecule has 1 aromatic carbocycles. The molecule has 7 nitrogen and oxygen atoms in total. The highest BCUT2D eigenvalue weighted by molar-refractivity contribution is 5.75. The minimum Gasteiger partial charge on any atom is -0.494 e. The van der Waals surface area contributed by atoms with E-state index in [-0.39, 0.29) is 6.42 Å². The molecule has 0 aliphatic rings. The molecule has 0 aliphatic heterocycles. The number of rotatable bonds is 16. The molecule has 28 heavy (non-hydrogen) atoms. The van der Waals surface area contributed by atoms with Gasteiger partial charge in [0.15, 0.2) is 0 Å². The number of nitrogens with two attached hydrogens (primary N) is 1. The molecule has 0 aromatic heterocycles. The summed E-state index contributed by atoms with van der Waals surface area (Å²) in [5, 5.41) is 18.0. The van der Waals surface area contributed by atoms with Crippen molar-refractivity contribution in [3.05, 3.63) is 24.3 Å². The van der Waals surface area contributed by atoms with Gasteiger partial charge in [0.25, 0.3) is 0 Å². The summed E-state index contributed by atoms with van der Waals surface area (Å²) in [7, 11) is 0. The topological polar surface area (TPSA) is 119 Å². The number of ether oxygens (including phenoxy) is 2. The fourth-order valence-corrected chi connectivity index (χ4v) is 2.75. The highest BCUT2D eigenvalue weighted by atomic mass is 16.5. The first kappa shape index (κ1) is 23.8. The highest BCUT2D eigenvalue weighted by Crippen LogP contribution is 2.19. The van der Waals surface area contributed by atoms with E-state index in [4.69, 9.17) is 20.3 Å². The maximum absolute atomic E-state index is 11.2. The SMILES string of the molecule is CCCCOc1ccc(OCCCCCCC(C[C@H](N)C(=O)O)C(=O)O)cc1. The first-order valence-corrected chi connectivity index (χ1v) is 10.0. The number of carboxylic acid groups (broad SMARTS) is 2. The van der Waals surface area contributed by atoms with Crippen LogP contribution >= 0.6 is 0 Å². The quantitative estimate of drug-likeness (QED) is 0.365. The normalized spacial score (nSPS) is 12.9. The summed E-state index contributed by atoms with van der Waals surface area (Å²) >= 11 is 0. The lowest BCUT2D eigenvalue weighted by molar-refractivity contribution is -0.143. The molecule has 0 amide bonds. The molecule has 0 radical (unpaired) electrons. The molecule has 0 aliphatic carbocycles. The Morgan fingerprint density at radius 2 is 1.43 bits per heavy atom. The summed E-state index contributed by atoms with van der Waals surface area (Å²) in [5.74, 6) is -1.21. The Kier molecular flexibility index (Phi) is 11.7. The summed E-state index contributed by atoms with van der Waals surface area (Å²) in [6.07, 6.45) is 5.96. The lowest BCUT2D eigenvalue weighted by atomic mass is 9.94. The molecule has 0 spiro atoms. The second kappa shape index (κ2) is 13.8. The fourth-order valence-electron chi connectivity index (χ4n) is 2.75. The van der Waals surface area contributed by atoms with Crippen molar-refractivity contribution < 1.29 is 29.3 Å². The van der Waals surface area contributed by atoms with Gasteiger partial charge >= 0.3 is 11.9 Å². The van der Waals surface area contributed by atoms with Crippen LogP contribution in [0.25, 0.3) is 0 Å². The largest absolute Gasteiger partial charge is 0.494 e. The van der Waals surface area contributed by atoms with Crippen molar-refractivity contribution in [2.24, 2.45) is 11.7 Å². The number of benzene rings is 1. The Balaban J connectivity index is 2.15. The Bertz CT molecular complexity index is 575. The molecule has 1 aromatic rings. The Morgan fingerprint density at radius 1 is 0.893 bits per heavy atom. The molecule has 158 valence electrons. The van der Waals surface area contributed by atoms with Crippen LogP contribution in [0.3, 0.4) is 0 Å². The van der Waals surface area contributed by atoms with Crippen LogP contribution in [0, 0.1) is 5.92 Å². The van der Waals surface area contributed by atoms with Gasteiger partial charge in [0, 0.05) is 0 Å². The predicted molar refractivity (Wildman–Crippen MR) is 107 cm³/mol. The van der Waals surface area contributed by atoms with Gasteiger partial charge in [0.2, 0.25) is 0 Å². The van der Waals surface area contributed by atoms with E-state index >= 15 is 0 Å². The van der Waals surface area contributed by atoms with Crippen LogP contribution in [0.5, 0.6) is 11.5 Å². The van der Waals surface area contributed by atoms with Gasteiger partial charge in [-0.1, -0.05) is 32.6 Å². The Hall–Kier alpha value is -2.28. The van der Waals surface area contributed by atoms with Crippen LogP contribution in [-0.2, 0) is 9.59 Å². The summed E-state index contributed by atoms with van der Waals surface area (Å²) in [4.78, 5) is 22.0. The zero-order valence-corrected chi connectivity index (χ0v) is 16.6. The van der Waals surface area contributed by atoms with Crippen molar-refractivity contribution in [1.82, 2.24) is 0 Å². The van der Waals surface area contributed by atoms with Gasteiger partial charge in [-0.3, -0.25) is 9.59 Å². The molecule has 7 heteroatoms. The van der Waals surface area contributed by atoms with E-state index in [1.807, 2.05) is 24.3 Å². The summed E-state index contributed by atoms with van der Waals surface area (Å²) in [6, 6.07) is 6.46. The van der Waals surface area contributed by atoms with Crippen molar-refractivity contribution in [3.63, 3.8) is 0 Å². The average Bonchev–Trinajstić information content (AvgIpc) is 2.67. The zero-order valence-electron chi connectivity index (χ0n) is 16.6. The third kappa shape index (κ3) is 10.2. The van der Waals surface area contributed by atoms with Crippen molar-refractivity contribution in [2.75, 3.05) is 13.2 Å². The molecule has 1 unspecified atom stereocenters. The van der Waals surface area contributed by atoms with Gasteiger partial charge in [-0.05, 0) is 49.9 Å². The zero-order chi connectivity index (χ0) is 20.8. The van der Waals surface area contributed by atoms with E-state index in [9.17, 15) is 14.7 Å². The minimum absolute atomic E-state index is 0.0358. The molecule has 0 saturated carbocycles. The number of unbranched alkanes of at least 4 members (excludes halogenated alkanes) is 4. The molecule has 2 atom stereocenters. The van der Waals surface area contributed by atoms with Gasteiger partial charge in [-0.25, -0.2) is 0 Å². The highest BCUT2D eigenvalue weighted by Gasteiger charge is 2.23. The van der Waals surface area contributed by atoms with Gasteiger partial charge in [0.1, 0.15) is 17.5 Å². The maximum Gasteiger partial charge on any atom is 0.320 e. The predicted octanol–water partition coefficient (Wildman–Crippen LogP) is 3.70. The fraction of sp³-hybridized carbons (Fsp3) is 0.619. The maximum atomic E-state index is 11.2. The van der Waals surface area contributed by atoms with E-state index in [0.29, 0.717) is 13.0 Å². The van der Waals surface area contributed by atoms with Crippen LogP contribution < -0.4 is 15.2 Å². The molecule has 4 N–H and O–H groups in total. The van der Waals surface area contributed by atoms with Gasteiger partial charge in [-0.2, -0.15) is 0 Å². The van der Waals surface area contributed by atoms with Crippen molar-refractivity contribution in [3.8, 4) is 11.5 Å². The second-order valence-electron chi connectivity index (χ2n) is 6.94. The number of aliphatic carboxylic acids is 2. The summed E-state index contributed by atoms with van der Waals surface area (Å²) < 4.78 is 11.3. The van der Waals surface area contributed by atoms with E-state index in [1.54, 1.807) is 0 Å². The standard InChI is InChI=1S/C21H33NO6/c1-2-3-13-27-17-9-11-18(12-10-17)28-14-7-5-4-6-8-16(20(23)24)15-19(22)21(25)26/h9-12,16,19H,2-8,13-15,22H2,1H3,(H,23,24)(H,25,26)/t16?,19-/m0/s1. The van der Waals surface area contributed by atoms with Gasteiger partial charge in [0.05, 0.1) is 19.1 Å². The molecule has 0 saturated heterocycles. The lowest BCUT2D eigenvalue weighted by Gasteiger charge is -2.14. The number of carbonyl (C=O) groups is 2. The van der Waals surface area contributed by atoms with E-state index in [0.717, 1.165) is 56.6 Å². The molecule has 1 rings (SSSR count). The number of hydrogen-bond donors (Lipinski definition) is 3. The first-order chi connectivity index (χ1) is 13.4. The number of hydrogen-bond acceptors (Lipinski definition) is 5. The van der Waals surface area contributed by atoms with Crippen LogP contribution in [0.4, 0.5) is 0 Å². The van der Waals surface area contributed by atoms with Crippen molar-refractivity contribution in [1.29, 1.82) is 0 Å². The van der Waals surface area contributed by atoms with E-state index in [1.165, 1.54) is 0 Å². The molecule has 0 bridgehead atoms. The molecule has 0 heterocycles. The summed E-state index contributed by atoms with van der Waals surface area (Å²) in [5.41, 5.74) is 5.43. The monoisotopic (exact) mass is 395 g/mol. The lowest BCUT2D eigenvalue weighted by Crippen LogP contribution is -2.34. The third-order valence-electron chi connectivity index (χ3n) is 4.51. The minimum atomic E-state index is -1.16. The third-order valence-corrected chi connectivity index (χ3v) is 4.51. The molecule has 0 fully saturated rings.